The predicted octanol–water partition coefficient (Wildman–Crippen LogP) is 4.06. The van der Waals surface area contributed by atoms with Gasteiger partial charge in [-0.15, -0.1) is 0 Å². The zero-order valence-electron chi connectivity index (χ0n) is 17.0. The van der Waals surface area contributed by atoms with Gasteiger partial charge in [-0.2, -0.15) is 0 Å². The molecule has 2 heterocycles. The van der Waals surface area contributed by atoms with Crippen molar-refractivity contribution in [3.63, 3.8) is 0 Å². The molecule has 150 valence electrons. The second kappa shape index (κ2) is 5.97. The number of nitrogens with zero attached hydrogens (tertiary/aromatic N) is 3. The summed E-state index contributed by atoms with van der Waals surface area (Å²) < 4.78 is 3.52. The third-order valence-corrected chi connectivity index (χ3v) is 7.82. The number of amidine groups is 1. The lowest BCUT2D eigenvalue weighted by molar-refractivity contribution is -0.0522. The van der Waals surface area contributed by atoms with Gasteiger partial charge in [0.15, 0.2) is 5.82 Å². The summed E-state index contributed by atoms with van der Waals surface area (Å²) in [5.41, 5.74) is 2.28. The summed E-state index contributed by atoms with van der Waals surface area (Å²) >= 11 is 0. The number of hydrogen-bond acceptors (Lipinski definition) is 3. The fourth-order valence-corrected chi connectivity index (χ4v) is 7.17. The Labute approximate surface area is 171 Å². The molecule has 1 aromatic carbocycles. The van der Waals surface area contributed by atoms with Gasteiger partial charge >= 0.3 is 0 Å². The second-order valence-corrected chi connectivity index (χ2v) is 9.94. The molecule has 1 N–H and O–H groups in total. The van der Waals surface area contributed by atoms with Crippen molar-refractivity contribution in [2.45, 2.75) is 44.9 Å². The second-order valence-electron chi connectivity index (χ2n) is 9.94. The molecule has 4 bridgehead atoms. The summed E-state index contributed by atoms with van der Waals surface area (Å²) in [5, 5.41) is 3.29. The van der Waals surface area contributed by atoms with Crippen molar-refractivity contribution in [3.05, 3.63) is 58.4 Å². The Hall–Kier alpha value is -2.56. The molecule has 2 aromatic rings. The van der Waals surface area contributed by atoms with Crippen molar-refractivity contribution in [1.82, 2.24) is 14.7 Å². The SMILES string of the molecule is C=C1NC(c2ccccc2)=Nc2c(CC34CC5CC(CC(C5)C3)C4)c(=O)n(C)n21. The number of benzene rings is 1. The van der Waals surface area contributed by atoms with Crippen molar-refractivity contribution in [1.29, 1.82) is 0 Å². The van der Waals surface area contributed by atoms with E-state index in [2.05, 4.69) is 11.9 Å². The van der Waals surface area contributed by atoms with Crippen LogP contribution in [0.4, 0.5) is 5.82 Å². The molecule has 5 nitrogen and oxygen atoms in total. The third-order valence-electron chi connectivity index (χ3n) is 7.82. The smallest absolute Gasteiger partial charge is 0.272 e. The Balaban J connectivity index is 1.44. The van der Waals surface area contributed by atoms with Crippen molar-refractivity contribution in [2.24, 2.45) is 35.2 Å². The van der Waals surface area contributed by atoms with Crippen molar-refractivity contribution < 1.29 is 0 Å². The maximum Gasteiger partial charge on any atom is 0.272 e. The summed E-state index contributed by atoms with van der Waals surface area (Å²) in [4.78, 5) is 18.2. The molecule has 5 heteroatoms. The highest BCUT2D eigenvalue weighted by Gasteiger charge is 2.51. The average Bonchev–Trinajstić information content (AvgIpc) is 2.92. The van der Waals surface area contributed by atoms with Crippen molar-refractivity contribution in [3.8, 4) is 0 Å². The lowest BCUT2D eigenvalue weighted by atomic mass is 9.48. The van der Waals surface area contributed by atoms with Gasteiger partial charge in [0.25, 0.3) is 5.56 Å². The van der Waals surface area contributed by atoms with Crippen molar-refractivity contribution >= 4 is 17.5 Å². The van der Waals surface area contributed by atoms with Gasteiger partial charge in [-0.3, -0.25) is 4.79 Å². The highest BCUT2D eigenvalue weighted by Crippen LogP contribution is 2.61. The van der Waals surface area contributed by atoms with Crippen LogP contribution in [0.15, 0.2) is 46.7 Å². The first-order valence-electron chi connectivity index (χ1n) is 10.9. The molecule has 29 heavy (non-hydrogen) atoms. The monoisotopic (exact) mass is 388 g/mol. The Morgan fingerprint density at radius 1 is 1.10 bits per heavy atom. The first kappa shape index (κ1) is 17.3. The number of aliphatic imine (C=N–C) groups is 1. The maximum absolute atomic E-state index is 13.3. The number of hydrogen-bond donors (Lipinski definition) is 1. The molecule has 0 saturated heterocycles. The van der Waals surface area contributed by atoms with E-state index in [0.717, 1.165) is 47.0 Å². The van der Waals surface area contributed by atoms with E-state index in [0.29, 0.717) is 11.2 Å². The van der Waals surface area contributed by atoms with Gasteiger partial charge in [-0.05, 0) is 68.1 Å². The van der Waals surface area contributed by atoms with Crippen LogP contribution in [0.2, 0.25) is 0 Å². The van der Waals surface area contributed by atoms with E-state index in [1.165, 1.54) is 38.5 Å². The first-order valence-corrected chi connectivity index (χ1v) is 10.9. The van der Waals surface area contributed by atoms with E-state index in [1.807, 2.05) is 42.1 Å². The molecule has 0 atom stereocenters. The van der Waals surface area contributed by atoms with E-state index in [1.54, 1.807) is 4.68 Å². The van der Waals surface area contributed by atoms with Crippen LogP contribution >= 0.6 is 0 Å². The fraction of sp³-hybridized carbons (Fsp3) is 0.500. The quantitative estimate of drug-likeness (QED) is 0.862. The Morgan fingerprint density at radius 3 is 2.34 bits per heavy atom. The highest BCUT2D eigenvalue weighted by molar-refractivity contribution is 6.04. The van der Waals surface area contributed by atoms with Crippen LogP contribution in [0.25, 0.3) is 5.82 Å². The third kappa shape index (κ3) is 2.59. The summed E-state index contributed by atoms with van der Waals surface area (Å²) in [6, 6.07) is 10.1. The molecular formula is C24H28N4O. The van der Waals surface area contributed by atoms with E-state index >= 15 is 0 Å². The van der Waals surface area contributed by atoms with Gasteiger partial charge in [0, 0.05) is 12.6 Å². The normalized spacial score (nSPS) is 32.1. The van der Waals surface area contributed by atoms with Crippen molar-refractivity contribution in [2.75, 3.05) is 0 Å². The van der Waals surface area contributed by atoms with Gasteiger partial charge in [0.05, 0.1) is 5.56 Å². The maximum atomic E-state index is 13.3. The topological polar surface area (TPSA) is 51.3 Å². The molecule has 1 aliphatic heterocycles. The number of nitrogens with one attached hydrogen (secondary N) is 1. The average molecular weight is 389 g/mol. The Morgan fingerprint density at radius 2 is 1.72 bits per heavy atom. The molecule has 4 fully saturated rings. The minimum atomic E-state index is 0.0803. The molecule has 4 aliphatic carbocycles. The zero-order valence-corrected chi connectivity index (χ0v) is 17.0. The molecule has 0 spiro atoms. The van der Waals surface area contributed by atoms with Gasteiger partial charge in [-0.25, -0.2) is 14.4 Å². The lowest BCUT2D eigenvalue weighted by Crippen LogP contribution is -2.47. The number of aromatic nitrogens is 2. The highest BCUT2D eigenvalue weighted by atomic mass is 16.1. The largest absolute Gasteiger partial charge is 0.325 e. The van der Waals surface area contributed by atoms with Gasteiger partial charge in [0.1, 0.15) is 11.7 Å². The van der Waals surface area contributed by atoms with Gasteiger partial charge < -0.3 is 5.32 Å². The summed E-state index contributed by atoms with van der Waals surface area (Å²) in [6.45, 7) is 4.18. The van der Waals surface area contributed by atoms with Crippen LogP contribution < -0.4 is 10.9 Å². The molecule has 7 rings (SSSR count). The van der Waals surface area contributed by atoms with E-state index < -0.39 is 0 Å². The summed E-state index contributed by atoms with van der Waals surface area (Å²) in [5.74, 6) is 4.87. The molecule has 0 radical (unpaired) electrons. The lowest BCUT2D eigenvalue weighted by Gasteiger charge is -2.57. The van der Waals surface area contributed by atoms with Crippen LogP contribution in [0.3, 0.4) is 0 Å². The minimum absolute atomic E-state index is 0.0803. The molecule has 4 saturated carbocycles. The summed E-state index contributed by atoms with van der Waals surface area (Å²) in [6.07, 6.45) is 9.00. The fourth-order valence-electron chi connectivity index (χ4n) is 7.17. The molecule has 5 aliphatic rings. The Kier molecular flexibility index (Phi) is 3.57. The summed E-state index contributed by atoms with van der Waals surface area (Å²) in [7, 11) is 1.82. The molecular weight excluding hydrogens is 360 g/mol. The number of fused-ring (bicyclic) bond motifs is 1. The van der Waals surface area contributed by atoms with Crippen LogP contribution in [0.1, 0.15) is 49.7 Å². The number of rotatable bonds is 3. The van der Waals surface area contributed by atoms with Crippen LogP contribution in [0.5, 0.6) is 0 Å². The zero-order chi connectivity index (χ0) is 19.8. The standard InChI is InChI=1S/C24H28N4O/c1-15-25-21(19-6-4-3-5-7-19)26-22-20(23(29)27(2)28(15)22)14-24-11-16-8-17(12-24)10-18(9-16)13-24/h3-7,16-18H,1,8-14H2,2H3,(H,25,26). The van der Waals surface area contributed by atoms with Crippen LogP contribution in [-0.2, 0) is 13.5 Å². The molecule has 1 aromatic heterocycles. The minimum Gasteiger partial charge on any atom is -0.325 e. The van der Waals surface area contributed by atoms with E-state index in [4.69, 9.17) is 4.99 Å². The van der Waals surface area contributed by atoms with Crippen LogP contribution in [-0.4, -0.2) is 15.2 Å². The van der Waals surface area contributed by atoms with Gasteiger partial charge in [-0.1, -0.05) is 36.9 Å². The molecule has 0 amide bonds. The van der Waals surface area contributed by atoms with E-state index in [-0.39, 0.29) is 5.56 Å². The van der Waals surface area contributed by atoms with Crippen LogP contribution in [0, 0.1) is 23.2 Å². The first-order chi connectivity index (χ1) is 14.0. The van der Waals surface area contributed by atoms with E-state index in [9.17, 15) is 4.79 Å². The predicted molar refractivity (Wildman–Crippen MR) is 115 cm³/mol. The van der Waals surface area contributed by atoms with Gasteiger partial charge in [0.2, 0.25) is 0 Å². The molecule has 0 unspecified atom stereocenters. The Bertz CT molecular complexity index is 1050.